The largest absolute Gasteiger partial charge is 0.270 e. The van der Waals surface area contributed by atoms with Crippen LogP contribution in [0.3, 0.4) is 0 Å². The minimum absolute atomic E-state index is 0.266. The molecule has 1 unspecified atom stereocenters. The zero-order chi connectivity index (χ0) is 11.5. The molecule has 0 aliphatic carbocycles. The molecule has 0 radical (unpaired) electrons. The van der Waals surface area contributed by atoms with E-state index >= 15 is 0 Å². The average molecular weight is 258 g/mol. The van der Waals surface area contributed by atoms with Gasteiger partial charge >= 0.3 is 0 Å². The van der Waals surface area contributed by atoms with Gasteiger partial charge in [0.25, 0.3) is 0 Å². The van der Waals surface area contributed by atoms with Gasteiger partial charge in [-0.15, -0.1) is 11.3 Å². The summed E-state index contributed by atoms with van der Waals surface area (Å²) in [7, 11) is 0. The van der Waals surface area contributed by atoms with Gasteiger partial charge in [-0.25, -0.2) is 9.82 Å². The van der Waals surface area contributed by atoms with E-state index < -0.39 is 0 Å². The fourth-order valence-electron chi connectivity index (χ4n) is 1.35. The standard InChI is InChI=1S/C10H9ClFN3S/c11-9-4-3-8(16-9)10(15-13)7-2-1-6(12)5-14-7/h1-5,10,15H,13H2. The van der Waals surface area contributed by atoms with Crippen molar-refractivity contribution in [3.05, 3.63) is 51.2 Å². The number of halogens is 2. The fraction of sp³-hybridized carbons (Fsp3) is 0.100. The first-order valence-corrected chi connectivity index (χ1v) is 5.73. The number of pyridine rings is 1. The van der Waals surface area contributed by atoms with E-state index in [1.165, 1.54) is 17.4 Å². The van der Waals surface area contributed by atoms with Gasteiger partial charge < -0.3 is 0 Å². The van der Waals surface area contributed by atoms with Crippen molar-refractivity contribution in [2.75, 3.05) is 0 Å². The van der Waals surface area contributed by atoms with Crippen LogP contribution in [0.15, 0.2) is 30.5 Å². The second-order valence-corrected chi connectivity index (χ2v) is 4.89. The summed E-state index contributed by atoms with van der Waals surface area (Å²) in [6.45, 7) is 0. The molecule has 0 amide bonds. The van der Waals surface area contributed by atoms with Crippen molar-refractivity contribution in [1.29, 1.82) is 0 Å². The van der Waals surface area contributed by atoms with E-state index in [4.69, 9.17) is 17.4 Å². The molecule has 0 saturated carbocycles. The molecule has 0 aromatic carbocycles. The summed E-state index contributed by atoms with van der Waals surface area (Å²) in [5.74, 6) is 5.09. The predicted molar refractivity (Wildman–Crippen MR) is 62.7 cm³/mol. The Balaban J connectivity index is 2.32. The second-order valence-electron chi connectivity index (χ2n) is 3.14. The highest BCUT2D eigenvalue weighted by Crippen LogP contribution is 2.29. The van der Waals surface area contributed by atoms with E-state index in [1.54, 1.807) is 12.1 Å². The highest BCUT2D eigenvalue weighted by Gasteiger charge is 2.15. The van der Waals surface area contributed by atoms with Crippen LogP contribution in [0.25, 0.3) is 0 Å². The van der Waals surface area contributed by atoms with Gasteiger partial charge in [0.05, 0.1) is 22.3 Å². The molecule has 2 aromatic rings. The maximum Gasteiger partial charge on any atom is 0.141 e. The molecule has 3 nitrogen and oxygen atoms in total. The summed E-state index contributed by atoms with van der Waals surface area (Å²) in [6.07, 6.45) is 1.16. The van der Waals surface area contributed by atoms with Crippen molar-refractivity contribution >= 4 is 22.9 Å². The third-order valence-corrected chi connectivity index (χ3v) is 3.39. The van der Waals surface area contributed by atoms with Gasteiger partial charge in [-0.2, -0.15) is 0 Å². The molecular weight excluding hydrogens is 249 g/mol. The Morgan fingerprint density at radius 3 is 2.69 bits per heavy atom. The van der Waals surface area contributed by atoms with Gasteiger partial charge in [-0.1, -0.05) is 11.6 Å². The third kappa shape index (κ3) is 2.38. The third-order valence-electron chi connectivity index (χ3n) is 2.09. The Bertz CT molecular complexity index is 471. The van der Waals surface area contributed by atoms with Crippen molar-refractivity contribution < 1.29 is 4.39 Å². The van der Waals surface area contributed by atoms with Gasteiger partial charge in [-0.05, 0) is 24.3 Å². The summed E-state index contributed by atoms with van der Waals surface area (Å²) in [6, 6.07) is 6.32. The molecule has 2 rings (SSSR count). The maximum atomic E-state index is 12.7. The van der Waals surface area contributed by atoms with Crippen LogP contribution in [0.4, 0.5) is 4.39 Å². The van der Waals surface area contributed by atoms with E-state index in [0.717, 1.165) is 11.1 Å². The van der Waals surface area contributed by atoms with Gasteiger partial charge in [-0.3, -0.25) is 10.8 Å². The number of aromatic nitrogens is 1. The molecule has 0 spiro atoms. The molecule has 0 fully saturated rings. The van der Waals surface area contributed by atoms with Crippen LogP contribution in [0.5, 0.6) is 0 Å². The number of hydrogen-bond donors (Lipinski definition) is 2. The van der Waals surface area contributed by atoms with E-state index in [2.05, 4.69) is 10.4 Å². The van der Waals surface area contributed by atoms with Gasteiger partial charge in [0.15, 0.2) is 0 Å². The Hall–Kier alpha value is -1.01. The number of nitrogens with two attached hydrogens (primary N) is 1. The lowest BCUT2D eigenvalue weighted by atomic mass is 10.1. The molecule has 84 valence electrons. The van der Waals surface area contributed by atoms with Crippen molar-refractivity contribution in [1.82, 2.24) is 10.4 Å². The number of thiophene rings is 1. The first kappa shape index (κ1) is 11.5. The molecule has 6 heteroatoms. The highest BCUT2D eigenvalue weighted by atomic mass is 35.5. The predicted octanol–water partition coefficient (Wildman–Crippen LogP) is 2.49. The summed E-state index contributed by atoms with van der Waals surface area (Å²) in [4.78, 5) is 4.92. The van der Waals surface area contributed by atoms with E-state index in [1.807, 2.05) is 6.07 Å². The molecule has 1 atom stereocenters. The maximum absolute atomic E-state index is 12.7. The molecule has 0 aliphatic heterocycles. The van der Waals surface area contributed by atoms with Crippen molar-refractivity contribution in [3.63, 3.8) is 0 Å². The molecule has 2 heterocycles. The number of nitrogens with one attached hydrogen (secondary N) is 1. The number of hydrazine groups is 1. The van der Waals surface area contributed by atoms with E-state index in [-0.39, 0.29) is 11.9 Å². The second kappa shape index (κ2) is 4.88. The molecule has 3 N–H and O–H groups in total. The Labute approximate surface area is 101 Å². The van der Waals surface area contributed by atoms with Crippen LogP contribution in [0, 0.1) is 5.82 Å². The topological polar surface area (TPSA) is 50.9 Å². The summed E-state index contributed by atoms with van der Waals surface area (Å²) in [5.41, 5.74) is 3.29. The summed E-state index contributed by atoms with van der Waals surface area (Å²) < 4.78 is 13.4. The van der Waals surface area contributed by atoms with Gasteiger partial charge in [0.2, 0.25) is 0 Å². The summed E-state index contributed by atoms with van der Waals surface area (Å²) >= 11 is 7.25. The highest BCUT2D eigenvalue weighted by molar-refractivity contribution is 7.16. The van der Waals surface area contributed by atoms with Crippen LogP contribution in [0.2, 0.25) is 4.34 Å². The molecule has 0 aliphatic rings. The molecule has 0 bridgehead atoms. The Morgan fingerprint density at radius 1 is 1.38 bits per heavy atom. The van der Waals surface area contributed by atoms with Crippen molar-refractivity contribution in [3.8, 4) is 0 Å². The molecule has 16 heavy (non-hydrogen) atoms. The normalized spacial score (nSPS) is 12.7. The quantitative estimate of drug-likeness (QED) is 0.656. The Morgan fingerprint density at radius 2 is 2.19 bits per heavy atom. The SMILES string of the molecule is NNC(c1ccc(F)cn1)c1ccc(Cl)s1. The molecule has 2 aromatic heterocycles. The van der Waals surface area contributed by atoms with Crippen LogP contribution in [0.1, 0.15) is 16.6 Å². The molecule has 0 saturated heterocycles. The van der Waals surface area contributed by atoms with Crippen molar-refractivity contribution in [2.24, 2.45) is 5.84 Å². The Kier molecular flexibility index (Phi) is 3.50. The first-order chi connectivity index (χ1) is 7.70. The number of hydrogen-bond acceptors (Lipinski definition) is 4. The average Bonchev–Trinajstić information content (AvgIpc) is 2.69. The smallest absolute Gasteiger partial charge is 0.141 e. The van der Waals surface area contributed by atoms with E-state index in [9.17, 15) is 4.39 Å². The van der Waals surface area contributed by atoms with Crippen LogP contribution >= 0.6 is 22.9 Å². The zero-order valence-corrected chi connectivity index (χ0v) is 9.73. The van der Waals surface area contributed by atoms with Gasteiger partial charge in [0, 0.05) is 4.88 Å². The minimum atomic E-state index is -0.372. The number of nitrogens with zero attached hydrogens (tertiary/aromatic N) is 1. The minimum Gasteiger partial charge on any atom is -0.270 e. The van der Waals surface area contributed by atoms with E-state index in [0.29, 0.717) is 10.0 Å². The fourth-order valence-corrected chi connectivity index (χ4v) is 2.49. The zero-order valence-electron chi connectivity index (χ0n) is 8.15. The van der Waals surface area contributed by atoms with Crippen LogP contribution in [-0.4, -0.2) is 4.98 Å². The van der Waals surface area contributed by atoms with Crippen LogP contribution in [-0.2, 0) is 0 Å². The summed E-state index contributed by atoms with van der Waals surface area (Å²) in [5, 5.41) is 0. The van der Waals surface area contributed by atoms with Crippen molar-refractivity contribution in [2.45, 2.75) is 6.04 Å². The van der Waals surface area contributed by atoms with Gasteiger partial charge in [0.1, 0.15) is 5.82 Å². The first-order valence-electron chi connectivity index (χ1n) is 4.53. The lowest BCUT2D eigenvalue weighted by Gasteiger charge is -2.13. The lowest BCUT2D eigenvalue weighted by molar-refractivity contribution is 0.600. The number of rotatable bonds is 3. The lowest BCUT2D eigenvalue weighted by Crippen LogP contribution is -2.28. The molecular formula is C10H9ClFN3S. The van der Waals surface area contributed by atoms with Crippen LogP contribution < -0.4 is 11.3 Å². The monoisotopic (exact) mass is 257 g/mol.